The number of rotatable bonds is 1. The normalized spacial score (nSPS) is 20.0. The number of nitrogens with zero attached hydrogens (tertiary/aromatic N) is 1. The molecule has 0 aromatic heterocycles. The van der Waals surface area contributed by atoms with Gasteiger partial charge in [0.2, 0.25) is 0 Å². The number of benzene rings is 1. The van der Waals surface area contributed by atoms with Crippen molar-refractivity contribution in [3.63, 3.8) is 0 Å². The minimum atomic E-state index is -0.794. The van der Waals surface area contributed by atoms with Gasteiger partial charge in [-0.3, -0.25) is 4.79 Å². The summed E-state index contributed by atoms with van der Waals surface area (Å²) in [4.78, 5) is 13.7. The number of halogens is 3. The van der Waals surface area contributed by atoms with E-state index in [1.165, 1.54) is 4.90 Å². The Kier molecular flexibility index (Phi) is 3.82. The molecule has 0 radical (unpaired) electrons. The lowest BCUT2D eigenvalue weighted by Gasteiger charge is -2.34. The summed E-state index contributed by atoms with van der Waals surface area (Å²) in [6.07, 6.45) is 0. The predicted octanol–water partition coefficient (Wildman–Crippen LogP) is 2.05. The van der Waals surface area contributed by atoms with Crippen molar-refractivity contribution in [1.29, 1.82) is 0 Å². The lowest BCUT2D eigenvalue weighted by molar-refractivity contribution is 0.0650. The van der Waals surface area contributed by atoms with Gasteiger partial charge in [-0.15, -0.1) is 0 Å². The van der Waals surface area contributed by atoms with Gasteiger partial charge in [0, 0.05) is 25.7 Å². The van der Waals surface area contributed by atoms with E-state index in [0.29, 0.717) is 19.6 Å². The molecule has 0 spiro atoms. The van der Waals surface area contributed by atoms with Crippen LogP contribution >= 0.6 is 11.6 Å². The molecule has 0 saturated carbocycles. The maximum atomic E-state index is 13.6. The average molecular weight is 275 g/mol. The van der Waals surface area contributed by atoms with Crippen molar-refractivity contribution in [2.24, 2.45) is 0 Å². The van der Waals surface area contributed by atoms with Crippen LogP contribution in [-0.4, -0.2) is 36.5 Å². The molecule has 18 heavy (non-hydrogen) atoms. The average Bonchev–Trinajstić information content (AvgIpc) is 2.33. The Morgan fingerprint density at radius 1 is 1.44 bits per heavy atom. The van der Waals surface area contributed by atoms with Crippen molar-refractivity contribution >= 4 is 17.5 Å². The summed E-state index contributed by atoms with van der Waals surface area (Å²) in [6, 6.07) is 1.63. The summed E-state index contributed by atoms with van der Waals surface area (Å²) in [5.74, 6) is -2.08. The van der Waals surface area contributed by atoms with E-state index in [1.54, 1.807) is 0 Å². The van der Waals surface area contributed by atoms with Crippen LogP contribution in [0, 0.1) is 11.6 Å². The molecule has 1 N–H and O–H groups in total. The third-order valence-electron chi connectivity index (χ3n) is 3.00. The van der Waals surface area contributed by atoms with Crippen LogP contribution in [0.1, 0.15) is 17.3 Å². The van der Waals surface area contributed by atoms with Gasteiger partial charge in [0.25, 0.3) is 5.91 Å². The Labute approximate surface area is 109 Å². The molecule has 0 unspecified atom stereocenters. The van der Waals surface area contributed by atoms with Crippen molar-refractivity contribution in [1.82, 2.24) is 10.2 Å². The van der Waals surface area contributed by atoms with Crippen LogP contribution in [0.15, 0.2) is 12.1 Å². The van der Waals surface area contributed by atoms with E-state index < -0.39 is 17.5 Å². The number of amides is 1. The fourth-order valence-corrected chi connectivity index (χ4v) is 2.13. The van der Waals surface area contributed by atoms with E-state index in [9.17, 15) is 13.6 Å². The monoisotopic (exact) mass is 274 g/mol. The van der Waals surface area contributed by atoms with Gasteiger partial charge in [0.15, 0.2) is 0 Å². The van der Waals surface area contributed by atoms with Crippen molar-refractivity contribution in [2.75, 3.05) is 19.6 Å². The van der Waals surface area contributed by atoms with E-state index in [2.05, 4.69) is 5.32 Å². The maximum absolute atomic E-state index is 13.6. The quantitative estimate of drug-likeness (QED) is 0.795. The predicted molar refractivity (Wildman–Crippen MR) is 64.7 cm³/mol. The Bertz CT molecular complexity index is 481. The topological polar surface area (TPSA) is 32.3 Å². The van der Waals surface area contributed by atoms with Crippen LogP contribution in [0.4, 0.5) is 8.78 Å². The molecule has 1 atom stereocenters. The molecule has 1 fully saturated rings. The van der Waals surface area contributed by atoms with Gasteiger partial charge in [-0.1, -0.05) is 11.6 Å². The number of hydrogen-bond acceptors (Lipinski definition) is 2. The van der Waals surface area contributed by atoms with E-state index >= 15 is 0 Å². The summed E-state index contributed by atoms with van der Waals surface area (Å²) in [6.45, 7) is 3.62. The van der Waals surface area contributed by atoms with Crippen LogP contribution < -0.4 is 5.32 Å². The fraction of sp³-hybridized carbons (Fsp3) is 0.417. The number of nitrogens with one attached hydrogen (secondary N) is 1. The van der Waals surface area contributed by atoms with E-state index in [0.717, 1.165) is 12.1 Å². The molecule has 1 amide bonds. The van der Waals surface area contributed by atoms with Crippen molar-refractivity contribution in [3.05, 3.63) is 34.4 Å². The number of piperazine rings is 1. The number of carbonyl (C=O) groups is 1. The smallest absolute Gasteiger partial charge is 0.257 e. The SMILES string of the molecule is C[C@H]1CNCCN1C(=O)c1cc(F)c(Cl)cc1F. The number of hydrogen-bond donors (Lipinski definition) is 1. The Hall–Kier alpha value is -1.20. The second-order valence-electron chi connectivity index (χ2n) is 4.30. The zero-order valence-corrected chi connectivity index (χ0v) is 10.6. The largest absolute Gasteiger partial charge is 0.333 e. The molecule has 1 aliphatic heterocycles. The Morgan fingerprint density at radius 2 is 2.17 bits per heavy atom. The van der Waals surface area contributed by atoms with Gasteiger partial charge in [0.05, 0.1) is 10.6 Å². The van der Waals surface area contributed by atoms with E-state index in [1.807, 2.05) is 6.92 Å². The molecule has 0 aliphatic carbocycles. The minimum absolute atomic E-state index is 0.0515. The summed E-state index contributed by atoms with van der Waals surface area (Å²) < 4.78 is 27.0. The van der Waals surface area contributed by atoms with Crippen LogP contribution in [0.5, 0.6) is 0 Å². The molecule has 1 saturated heterocycles. The molecular weight excluding hydrogens is 262 g/mol. The molecule has 1 aromatic rings. The molecule has 0 bridgehead atoms. The molecule has 6 heteroatoms. The molecule has 1 heterocycles. The molecule has 2 rings (SSSR count). The minimum Gasteiger partial charge on any atom is -0.333 e. The van der Waals surface area contributed by atoms with Crippen LogP contribution in [0.25, 0.3) is 0 Å². The summed E-state index contributed by atoms with van der Waals surface area (Å²) in [5, 5.41) is 2.80. The highest BCUT2D eigenvalue weighted by Crippen LogP contribution is 2.21. The van der Waals surface area contributed by atoms with Crippen LogP contribution in [-0.2, 0) is 0 Å². The van der Waals surface area contributed by atoms with Gasteiger partial charge >= 0.3 is 0 Å². The first-order chi connectivity index (χ1) is 8.50. The summed E-state index contributed by atoms with van der Waals surface area (Å²) in [7, 11) is 0. The second-order valence-corrected chi connectivity index (χ2v) is 4.71. The molecule has 1 aliphatic rings. The molecule has 1 aromatic carbocycles. The first-order valence-corrected chi connectivity index (χ1v) is 6.04. The highest BCUT2D eigenvalue weighted by molar-refractivity contribution is 6.30. The first-order valence-electron chi connectivity index (χ1n) is 5.67. The maximum Gasteiger partial charge on any atom is 0.257 e. The molecule has 3 nitrogen and oxygen atoms in total. The zero-order valence-electron chi connectivity index (χ0n) is 9.84. The summed E-state index contributed by atoms with van der Waals surface area (Å²) in [5.41, 5.74) is -0.273. The van der Waals surface area contributed by atoms with Crippen molar-refractivity contribution in [2.45, 2.75) is 13.0 Å². The van der Waals surface area contributed by atoms with Crippen molar-refractivity contribution < 1.29 is 13.6 Å². The first kappa shape index (κ1) is 13.2. The summed E-state index contributed by atoms with van der Waals surface area (Å²) >= 11 is 5.46. The third kappa shape index (κ3) is 2.47. The van der Waals surface area contributed by atoms with Crippen LogP contribution in [0.3, 0.4) is 0 Å². The van der Waals surface area contributed by atoms with Gasteiger partial charge in [-0.05, 0) is 19.1 Å². The van der Waals surface area contributed by atoms with Gasteiger partial charge in [0.1, 0.15) is 11.6 Å². The third-order valence-corrected chi connectivity index (χ3v) is 3.29. The standard InChI is InChI=1S/C12H13ClF2N2O/c1-7-6-16-2-3-17(7)12(18)8-4-11(15)9(13)5-10(8)14/h4-5,7,16H,2-3,6H2,1H3/t7-/m0/s1. The highest BCUT2D eigenvalue weighted by Gasteiger charge is 2.26. The Morgan fingerprint density at radius 3 is 2.83 bits per heavy atom. The highest BCUT2D eigenvalue weighted by atomic mass is 35.5. The van der Waals surface area contributed by atoms with Crippen molar-refractivity contribution in [3.8, 4) is 0 Å². The van der Waals surface area contributed by atoms with E-state index in [4.69, 9.17) is 11.6 Å². The van der Waals surface area contributed by atoms with Crippen LogP contribution in [0.2, 0.25) is 5.02 Å². The lowest BCUT2D eigenvalue weighted by Crippen LogP contribution is -2.52. The van der Waals surface area contributed by atoms with Gasteiger partial charge < -0.3 is 10.2 Å². The van der Waals surface area contributed by atoms with E-state index in [-0.39, 0.29) is 16.6 Å². The zero-order chi connectivity index (χ0) is 13.3. The fourth-order valence-electron chi connectivity index (χ4n) is 1.98. The second kappa shape index (κ2) is 5.20. The van der Waals surface area contributed by atoms with Gasteiger partial charge in [-0.25, -0.2) is 8.78 Å². The molecular formula is C12H13ClF2N2O. The number of carbonyl (C=O) groups excluding carboxylic acids is 1. The molecule has 98 valence electrons. The van der Waals surface area contributed by atoms with Gasteiger partial charge in [-0.2, -0.15) is 0 Å². The lowest BCUT2D eigenvalue weighted by atomic mass is 10.1. The Balaban J connectivity index is 2.30.